The second-order valence-corrected chi connectivity index (χ2v) is 7.64. The van der Waals surface area contributed by atoms with Gasteiger partial charge >= 0.3 is 6.18 Å². The summed E-state index contributed by atoms with van der Waals surface area (Å²) in [5, 5.41) is 0. The molecule has 158 valence electrons. The van der Waals surface area contributed by atoms with E-state index in [9.17, 15) is 18.0 Å². The normalized spacial score (nSPS) is 22.3. The van der Waals surface area contributed by atoms with Crippen LogP contribution in [0.4, 0.5) is 19.1 Å². The maximum absolute atomic E-state index is 12.9. The highest BCUT2D eigenvalue weighted by Gasteiger charge is 2.35. The van der Waals surface area contributed by atoms with Crippen LogP contribution in [0.2, 0.25) is 0 Å². The van der Waals surface area contributed by atoms with Crippen molar-refractivity contribution in [2.24, 2.45) is 0 Å². The average Bonchev–Trinajstić information content (AvgIpc) is 3.24. The van der Waals surface area contributed by atoms with Crippen LogP contribution >= 0.6 is 0 Å². The predicted octanol–water partition coefficient (Wildman–Crippen LogP) is 2.41. The molecule has 4 rings (SSSR count). The van der Waals surface area contributed by atoms with E-state index in [1.54, 1.807) is 11.0 Å². The molecule has 1 unspecified atom stereocenters. The van der Waals surface area contributed by atoms with Gasteiger partial charge in [-0.15, -0.1) is 0 Å². The van der Waals surface area contributed by atoms with Crippen molar-refractivity contribution in [3.63, 3.8) is 0 Å². The summed E-state index contributed by atoms with van der Waals surface area (Å²) in [7, 11) is 0. The van der Waals surface area contributed by atoms with Crippen molar-refractivity contribution in [1.29, 1.82) is 0 Å². The summed E-state index contributed by atoms with van der Waals surface area (Å²) in [5.74, 6) is 0.0728. The zero-order valence-corrected chi connectivity index (χ0v) is 16.6. The van der Waals surface area contributed by atoms with Gasteiger partial charge in [0.15, 0.2) is 0 Å². The maximum Gasteiger partial charge on any atom is 0.433 e. The highest BCUT2D eigenvalue weighted by molar-refractivity contribution is 5.96. The lowest BCUT2D eigenvalue weighted by Crippen LogP contribution is -2.52. The summed E-state index contributed by atoms with van der Waals surface area (Å²) in [5.41, 5.74) is 6.38. The molecule has 2 aliphatic heterocycles. The van der Waals surface area contributed by atoms with Gasteiger partial charge < -0.3 is 9.80 Å². The van der Waals surface area contributed by atoms with Crippen molar-refractivity contribution >= 4 is 11.9 Å². The van der Waals surface area contributed by atoms with E-state index in [0.29, 0.717) is 31.8 Å². The second kappa shape index (κ2) is 8.11. The molecule has 3 heterocycles. The lowest BCUT2D eigenvalue weighted by molar-refractivity contribution is -0.141. The summed E-state index contributed by atoms with van der Waals surface area (Å²) < 4.78 is 38.7. The van der Waals surface area contributed by atoms with Crippen LogP contribution in [-0.4, -0.2) is 71.0 Å². The Kier molecular flexibility index (Phi) is 5.52. The Morgan fingerprint density at radius 2 is 1.90 bits per heavy atom. The molecule has 30 heavy (non-hydrogen) atoms. The number of piperazine rings is 1. The zero-order chi connectivity index (χ0) is 21.3. The molecule has 0 saturated carbocycles. The van der Waals surface area contributed by atoms with Crippen molar-refractivity contribution in [2.45, 2.75) is 25.6 Å². The Hall–Kier alpha value is -2.86. The van der Waals surface area contributed by atoms with Gasteiger partial charge in [-0.05, 0) is 37.1 Å². The van der Waals surface area contributed by atoms with E-state index in [1.807, 2.05) is 17.9 Å². The average molecular weight is 417 g/mol. The minimum absolute atomic E-state index is 0.0451. The fraction of sp³-hybridized carbons (Fsp3) is 0.476. The Balaban J connectivity index is 1.34. The third-order valence-corrected chi connectivity index (χ3v) is 5.62. The van der Waals surface area contributed by atoms with Crippen LogP contribution in [0.5, 0.6) is 0 Å². The van der Waals surface area contributed by atoms with E-state index in [-0.39, 0.29) is 17.9 Å². The monoisotopic (exact) mass is 417 g/mol. The molecule has 0 radical (unpaired) electrons. The minimum atomic E-state index is -4.48. The Labute approximate surface area is 172 Å². The third kappa shape index (κ3) is 4.33. The molecule has 0 bridgehead atoms. The number of carbonyl (C=O) groups is 1. The molecule has 0 aromatic carbocycles. The van der Waals surface area contributed by atoms with Gasteiger partial charge in [-0.3, -0.25) is 9.69 Å². The summed E-state index contributed by atoms with van der Waals surface area (Å²) in [6, 6.07) is 1.09. The molecule has 1 aromatic rings. The first kappa shape index (κ1) is 20.4. The van der Waals surface area contributed by atoms with Gasteiger partial charge in [-0.1, -0.05) is 11.5 Å². The Morgan fingerprint density at radius 1 is 1.13 bits per heavy atom. The standard InChI is InChI=1S/C21H22F3N5O/c1-15-2-4-16(5-3-15)19(30)28-12-10-27(11-13-28)17-7-9-29(14-17)20-25-8-6-18(26-20)21(22,23)24/h2,4,6,8,17H,7,9-14H2,1H3. The summed E-state index contributed by atoms with van der Waals surface area (Å²) in [6.07, 6.45) is 1.12. The van der Waals surface area contributed by atoms with E-state index < -0.39 is 11.9 Å². The molecule has 2 fully saturated rings. The number of halogens is 3. The minimum Gasteiger partial charge on any atom is -0.339 e. The first-order chi connectivity index (χ1) is 14.3. The second-order valence-electron chi connectivity index (χ2n) is 7.64. The zero-order valence-electron chi connectivity index (χ0n) is 16.6. The number of allylic oxidation sites excluding steroid dienone is 2. The van der Waals surface area contributed by atoms with Crippen LogP contribution in [0.1, 0.15) is 19.0 Å². The number of hydrogen-bond donors (Lipinski definition) is 0. The van der Waals surface area contributed by atoms with Gasteiger partial charge in [-0.25, -0.2) is 9.97 Å². The van der Waals surface area contributed by atoms with Gasteiger partial charge in [0.2, 0.25) is 5.95 Å². The Morgan fingerprint density at radius 3 is 2.57 bits per heavy atom. The quantitative estimate of drug-likeness (QED) is 0.707. The number of anilines is 1. The van der Waals surface area contributed by atoms with E-state index in [4.69, 9.17) is 0 Å². The molecule has 1 aliphatic carbocycles. The highest BCUT2D eigenvalue weighted by Crippen LogP contribution is 2.29. The van der Waals surface area contributed by atoms with E-state index >= 15 is 0 Å². The van der Waals surface area contributed by atoms with Crippen LogP contribution < -0.4 is 4.90 Å². The smallest absolute Gasteiger partial charge is 0.339 e. The molecular formula is C21H22F3N5O. The van der Waals surface area contributed by atoms with Gasteiger partial charge in [0.1, 0.15) is 5.69 Å². The molecule has 0 spiro atoms. The van der Waals surface area contributed by atoms with Crippen molar-refractivity contribution in [1.82, 2.24) is 19.8 Å². The highest BCUT2D eigenvalue weighted by atomic mass is 19.4. The number of alkyl halides is 3. The molecule has 9 heteroatoms. The molecule has 1 aromatic heterocycles. The third-order valence-electron chi connectivity index (χ3n) is 5.62. The van der Waals surface area contributed by atoms with Crippen molar-refractivity contribution in [3.05, 3.63) is 52.7 Å². The summed E-state index contributed by atoms with van der Waals surface area (Å²) >= 11 is 0. The van der Waals surface area contributed by atoms with Gasteiger partial charge in [0.25, 0.3) is 5.91 Å². The predicted molar refractivity (Wildman–Crippen MR) is 105 cm³/mol. The van der Waals surface area contributed by atoms with Crippen LogP contribution in [0.15, 0.2) is 47.0 Å². The number of nitrogens with zero attached hydrogens (tertiary/aromatic N) is 5. The number of aromatic nitrogens is 2. The largest absolute Gasteiger partial charge is 0.433 e. The molecule has 0 N–H and O–H groups in total. The molecule has 1 amide bonds. The molecule has 2 saturated heterocycles. The molecule has 1 atom stereocenters. The first-order valence-electron chi connectivity index (χ1n) is 9.90. The molecular weight excluding hydrogens is 395 g/mol. The topological polar surface area (TPSA) is 52.6 Å². The number of carbonyl (C=O) groups excluding carboxylic acids is 1. The molecule has 6 nitrogen and oxygen atoms in total. The number of rotatable bonds is 3. The van der Waals surface area contributed by atoms with Crippen LogP contribution in [0.25, 0.3) is 0 Å². The van der Waals surface area contributed by atoms with Crippen molar-refractivity contribution in [3.8, 4) is 0 Å². The van der Waals surface area contributed by atoms with E-state index in [1.165, 1.54) is 0 Å². The summed E-state index contributed by atoms with van der Waals surface area (Å²) in [4.78, 5) is 26.3. The first-order valence-corrected chi connectivity index (χ1v) is 9.90. The van der Waals surface area contributed by atoms with Gasteiger partial charge in [-0.2, -0.15) is 13.2 Å². The van der Waals surface area contributed by atoms with Crippen LogP contribution in [0.3, 0.4) is 0 Å². The van der Waals surface area contributed by atoms with E-state index in [2.05, 4.69) is 26.3 Å². The maximum atomic E-state index is 12.9. The van der Waals surface area contributed by atoms with Crippen molar-refractivity contribution < 1.29 is 18.0 Å². The van der Waals surface area contributed by atoms with Gasteiger partial charge in [0.05, 0.1) is 5.57 Å². The van der Waals surface area contributed by atoms with E-state index in [0.717, 1.165) is 37.3 Å². The lowest BCUT2D eigenvalue weighted by atomic mass is 10.1. The van der Waals surface area contributed by atoms with Crippen LogP contribution in [-0.2, 0) is 11.0 Å². The fourth-order valence-electron chi connectivity index (χ4n) is 3.92. The Bertz CT molecular complexity index is 965. The van der Waals surface area contributed by atoms with Gasteiger partial charge in [0, 0.05) is 51.5 Å². The number of amides is 1. The fourth-order valence-corrected chi connectivity index (χ4v) is 3.92. The SMILES string of the molecule is CC1=C=C=C(C(=O)N2CCN(C3CCN(c4nccc(C(F)(F)F)n4)C3)CC2)C=C1. The molecule has 3 aliphatic rings. The van der Waals surface area contributed by atoms with Crippen molar-refractivity contribution in [2.75, 3.05) is 44.2 Å². The lowest BCUT2D eigenvalue weighted by Gasteiger charge is -2.38. The summed E-state index contributed by atoms with van der Waals surface area (Å²) in [6.45, 7) is 5.76. The number of hydrogen-bond acceptors (Lipinski definition) is 5. The van der Waals surface area contributed by atoms with Crippen LogP contribution in [0, 0.1) is 0 Å².